The van der Waals surface area contributed by atoms with Crippen molar-refractivity contribution in [1.29, 1.82) is 0 Å². The average molecular weight is 298 g/mol. The van der Waals surface area contributed by atoms with E-state index < -0.39 is 0 Å². The van der Waals surface area contributed by atoms with E-state index in [9.17, 15) is 14.3 Å². The predicted molar refractivity (Wildman–Crippen MR) is 80.9 cm³/mol. The fourth-order valence-corrected chi connectivity index (χ4v) is 2.08. The zero-order valence-corrected chi connectivity index (χ0v) is 11.8. The zero-order chi connectivity index (χ0) is 15.5. The monoisotopic (exact) mass is 298 g/mol. The summed E-state index contributed by atoms with van der Waals surface area (Å²) in [7, 11) is 0. The minimum Gasteiger partial charge on any atom is -0.510 e. The van der Waals surface area contributed by atoms with Crippen LogP contribution in [0.4, 0.5) is 4.39 Å². The van der Waals surface area contributed by atoms with Crippen LogP contribution in [-0.4, -0.2) is 22.5 Å². The standard InChI is InChI=1S/C17H15FN2O2/c18-14-7-8-15(19-9-14)11-1-5-13(6-2-11)17(22)20-10-16(21)12-3-4-12/h1-2,5-9,21H,3-4,10H2,(H,20,22). The van der Waals surface area contributed by atoms with Gasteiger partial charge in [-0.2, -0.15) is 0 Å². The summed E-state index contributed by atoms with van der Waals surface area (Å²) in [4.78, 5) is 16.0. The van der Waals surface area contributed by atoms with Crippen molar-refractivity contribution in [2.75, 3.05) is 6.54 Å². The molecule has 1 fully saturated rings. The Kier molecular flexibility index (Phi) is 3.87. The SMILES string of the molecule is O=C(NCC(O)=C1CC1)c1ccc(-c2ccc(F)cn2)cc1. The fraction of sp³-hybridized carbons (Fsp3) is 0.176. The highest BCUT2D eigenvalue weighted by molar-refractivity contribution is 5.94. The van der Waals surface area contributed by atoms with E-state index in [1.807, 2.05) is 0 Å². The third-order valence-electron chi connectivity index (χ3n) is 3.49. The number of aliphatic hydroxyl groups excluding tert-OH is 1. The van der Waals surface area contributed by atoms with Crippen molar-refractivity contribution < 1.29 is 14.3 Å². The van der Waals surface area contributed by atoms with Crippen LogP contribution in [0.15, 0.2) is 53.9 Å². The number of amides is 1. The lowest BCUT2D eigenvalue weighted by Crippen LogP contribution is -2.25. The molecular weight excluding hydrogens is 283 g/mol. The number of allylic oxidation sites excluding steroid dienone is 1. The van der Waals surface area contributed by atoms with Gasteiger partial charge in [0.25, 0.3) is 5.91 Å². The average Bonchev–Trinajstić information content (AvgIpc) is 3.38. The maximum Gasteiger partial charge on any atom is 0.251 e. The molecule has 3 rings (SSSR count). The molecule has 0 radical (unpaired) electrons. The molecule has 5 heteroatoms. The molecule has 1 aliphatic carbocycles. The largest absolute Gasteiger partial charge is 0.510 e. The first-order chi connectivity index (χ1) is 10.6. The van der Waals surface area contributed by atoms with E-state index >= 15 is 0 Å². The van der Waals surface area contributed by atoms with Crippen LogP contribution >= 0.6 is 0 Å². The van der Waals surface area contributed by atoms with Gasteiger partial charge in [0.2, 0.25) is 0 Å². The molecule has 112 valence electrons. The third-order valence-corrected chi connectivity index (χ3v) is 3.49. The number of hydrogen-bond donors (Lipinski definition) is 2. The molecule has 0 atom stereocenters. The van der Waals surface area contributed by atoms with Gasteiger partial charge in [0.15, 0.2) is 0 Å². The lowest BCUT2D eigenvalue weighted by atomic mass is 10.1. The maximum absolute atomic E-state index is 12.8. The second-order valence-electron chi connectivity index (χ2n) is 5.17. The van der Waals surface area contributed by atoms with Gasteiger partial charge in [-0.15, -0.1) is 0 Å². The van der Waals surface area contributed by atoms with Gasteiger partial charge >= 0.3 is 0 Å². The molecule has 1 aromatic carbocycles. The summed E-state index contributed by atoms with van der Waals surface area (Å²) in [6.07, 6.45) is 2.99. The first-order valence-electron chi connectivity index (χ1n) is 7.03. The number of nitrogens with zero attached hydrogens (tertiary/aromatic N) is 1. The van der Waals surface area contributed by atoms with Gasteiger partial charge in [0, 0.05) is 11.1 Å². The molecule has 0 saturated heterocycles. The van der Waals surface area contributed by atoms with Crippen LogP contribution in [0.3, 0.4) is 0 Å². The van der Waals surface area contributed by atoms with Gasteiger partial charge in [-0.25, -0.2) is 4.39 Å². The van der Waals surface area contributed by atoms with Crippen LogP contribution in [0.2, 0.25) is 0 Å². The molecule has 0 unspecified atom stereocenters. The number of hydrogen-bond acceptors (Lipinski definition) is 3. The van der Waals surface area contributed by atoms with Crippen molar-refractivity contribution in [3.63, 3.8) is 0 Å². The van der Waals surface area contributed by atoms with Crippen molar-refractivity contribution in [3.05, 3.63) is 65.3 Å². The van der Waals surface area contributed by atoms with Gasteiger partial charge in [-0.05, 0) is 42.7 Å². The van der Waals surface area contributed by atoms with Gasteiger partial charge in [0.1, 0.15) is 11.6 Å². The molecule has 22 heavy (non-hydrogen) atoms. The summed E-state index contributed by atoms with van der Waals surface area (Å²) in [6.45, 7) is 0.162. The minimum atomic E-state index is -0.385. The van der Waals surface area contributed by atoms with Crippen LogP contribution in [-0.2, 0) is 0 Å². The first kappa shape index (κ1) is 14.3. The van der Waals surface area contributed by atoms with Gasteiger partial charge < -0.3 is 10.4 Å². The molecule has 2 N–H and O–H groups in total. The van der Waals surface area contributed by atoms with Crippen LogP contribution in [0.25, 0.3) is 11.3 Å². The molecule has 0 aliphatic heterocycles. The Morgan fingerprint density at radius 3 is 2.50 bits per heavy atom. The Bertz CT molecular complexity index is 715. The highest BCUT2D eigenvalue weighted by Crippen LogP contribution is 2.30. The lowest BCUT2D eigenvalue weighted by Gasteiger charge is -2.06. The van der Waals surface area contributed by atoms with Crippen LogP contribution < -0.4 is 5.32 Å². The van der Waals surface area contributed by atoms with E-state index in [1.54, 1.807) is 30.3 Å². The zero-order valence-electron chi connectivity index (χ0n) is 11.8. The summed E-state index contributed by atoms with van der Waals surface area (Å²) in [5, 5.41) is 12.3. The number of halogens is 1. The molecule has 1 amide bonds. The molecule has 0 spiro atoms. The molecule has 1 heterocycles. The smallest absolute Gasteiger partial charge is 0.251 e. The topological polar surface area (TPSA) is 62.2 Å². The molecule has 1 aromatic heterocycles. The number of aliphatic hydroxyl groups is 1. The Hall–Kier alpha value is -2.69. The van der Waals surface area contributed by atoms with Crippen molar-refractivity contribution in [2.24, 2.45) is 0 Å². The second kappa shape index (κ2) is 5.97. The summed E-state index contributed by atoms with van der Waals surface area (Å²) in [6, 6.07) is 9.80. The molecule has 1 aliphatic rings. The van der Waals surface area contributed by atoms with E-state index in [0.29, 0.717) is 11.3 Å². The van der Waals surface area contributed by atoms with Crippen LogP contribution in [0.1, 0.15) is 23.2 Å². The van der Waals surface area contributed by atoms with E-state index in [-0.39, 0.29) is 24.0 Å². The van der Waals surface area contributed by atoms with Crippen LogP contribution in [0.5, 0.6) is 0 Å². The Morgan fingerprint density at radius 2 is 1.91 bits per heavy atom. The van der Waals surface area contributed by atoms with Crippen molar-refractivity contribution >= 4 is 5.91 Å². The van der Waals surface area contributed by atoms with Gasteiger partial charge in [0.05, 0.1) is 18.4 Å². The quantitative estimate of drug-likeness (QED) is 0.852. The van der Waals surface area contributed by atoms with E-state index in [1.165, 1.54) is 6.07 Å². The molecule has 1 saturated carbocycles. The van der Waals surface area contributed by atoms with E-state index in [0.717, 1.165) is 30.2 Å². The normalized spacial score (nSPS) is 12.9. The number of aromatic nitrogens is 1. The van der Waals surface area contributed by atoms with Crippen LogP contribution in [0, 0.1) is 5.82 Å². The van der Waals surface area contributed by atoms with Crippen molar-refractivity contribution in [3.8, 4) is 11.3 Å². The van der Waals surface area contributed by atoms with E-state index in [4.69, 9.17) is 0 Å². The summed E-state index contributed by atoms with van der Waals surface area (Å²) in [5.74, 6) is -0.365. The summed E-state index contributed by atoms with van der Waals surface area (Å²) in [5.41, 5.74) is 2.96. The summed E-state index contributed by atoms with van der Waals surface area (Å²) >= 11 is 0. The predicted octanol–water partition coefficient (Wildman–Crippen LogP) is 3.22. The highest BCUT2D eigenvalue weighted by Gasteiger charge is 2.17. The summed E-state index contributed by atoms with van der Waals surface area (Å²) < 4.78 is 12.8. The first-order valence-corrected chi connectivity index (χ1v) is 7.03. The molecule has 4 nitrogen and oxygen atoms in total. The minimum absolute atomic E-state index is 0.162. The number of carbonyl (C=O) groups is 1. The molecule has 2 aromatic rings. The number of rotatable bonds is 4. The third kappa shape index (κ3) is 3.31. The Morgan fingerprint density at radius 1 is 1.18 bits per heavy atom. The van der Waals surface area contributed by atoms with Crippen molar-refractivity contribution in [1.82, 2.24) is 10.3 Å². The number of carbonyl (C=O) groups excluding carboxylic acids is 1. The van der Waals surface area contributed by atoms with Crippen molar-refractivity contribution in [2.45, 2.75) is 12.8 Å². The number of pyridine rings is 1. The Labute approximate surface area is 127 Å². The highest BCUT2D eigenvalue weighted by atomic mass is 19.1. The number of benzene rings is 1. The Balaban J connectivity index is 1.66. The maximum atomic E-state index is 12.8. The molecule has 0 bridgehead atoms. The fourth-order valence-electron chi connectivity index (χ4n) is 2.08. The molecular formula is C17H15FN2O2. The van der Waals surface area contributed by atoms with Gasteiger partial charge in [-0.1, -0.05) is 12.1 Å². The van der Waals surface area contributed by atoms with E-state index in [2.05, 4.69) is 10.3 Å². The lowest BCUT2D eigenvalue weighted by molar-refractivity contribution is 0.0952. The second-order valence-corrected chi connectivity index (χ2v) is 5.17. The van der Waals surface area contributed by atoms with Gasteiger partial charge in [-0.3, -0.25) is 9.78 Å². The number of nitrogens with one attached hydrogen (secondary N) is 1.